The van der Waals surface area contributed by atoms with Crippen molar-refractivity contribution in [3.63, 3.8) is 0 Å². The SMILES string of the molecule is Cc1nc(C2CCCN2C(=O)c2ccc(F)c(C#N)c2)no1. The lowest BCUT2D eigenvalue weighted by molar-refractivity contribution is 0.0728. The van der Waals surface area contributed by atoms with Gasteiger partial charge in [0.15, 0.2) is 5.82 Å². The molecule has 112 valence electrons. The molecule has 1 atom stereocenters. The molecule has 2 aromatic rings. The molecule has 1 aromatic heterocycles. The van der Waals surface area contributed by atoms with Crippen molar-refractivity contribution in [3.05, 3.63) is 46.9 Å². The maximum Gasteiger partial charge on any atom is 0.254 e. The molecule has 1 fully saturated rings. The van der Waals surface area contributed by atoms with Crippen LogP contribution in [0, 0.1) is 24.1 Å². The summed E-state index contributed by atoms with van der Waals surface area (Å²) in [7, 11) is 0. The average molecular weight is 300 g/mol. The number of nitrogens with zero attached hydrogens (tertiary/aromatic N) is 4. The molecule has 3 rings (SSSR count). The zero-order valence-corrected chi connectivity index (χ0v) is 11.9. The Morgan fingerprint density at radius 1 is 1.55 bits per heavy atom. The zero-order chi connectivity index (χ0) is 15.7. The number of aromatic nitrogens is 2. The van der Waals surface area contributed by atoms with Crippen LogP contribution >= 0.6 is 0 Å². The molecule has 0 radical (unpaired) electrons. The molecule has 0 N–H and O–H groups in total. The first-order valence-electron chi connectivity index (χ1n) is 6.91. The first-order valence-corrected chi connectivity index (χ1v) is 6.91. The summed E-state index contributed by atoms with van der Waals surface area (Å²) in [5.74, 6) is 0.0288. The molecule has 6 nitrogen and oxygen atoms in total. The molecular weight excluding hydrogens is 287 g/mol. The summed E-state index contributed by atoms with van der Waals surface area (Å²) in [5.41, 5.74) is 0.141. The van der Waals surface area contributed by atoms with Crippen molar-refractivity contribution in [2.24, 2.45) is 0 Å². The Bertz CT molecular complexity index is 765. The van der Waals surface area contributed by atoms with Gasteiger partial charge >= 0.3 is 0 Å². The fourth-order valence-corrected chi connectivity index (χ4v) is 2.64. The topological polar surface area (TPSA) is 83.0 Å². The summed E-state index contributed by atoms with van der Waals surface area (Å²) in [4.78, 5) is 18.4. The van der Waals surface area contributed by atoms with Gasteiger partial charge in [0.05, 0.1) is 11.6 Å². The molecule has 22 heavy (non-hydrogen) atoms. The van der Waals surface area contributed by atoms with Gasteiger partial charge in [0.2, 0.25) is 5.89 Å². The summed E-state index contributed by atoms with van der Waals surface area (Å²) in [6, 6.07) is 5.28. The Morgan fingerprint density at radius 2 is 2.36 bits per heavy atom. The fraction of sp³-hybridized carbons (Fsp3) is 0.333. The fourth-order valence-electron chi connectivity index (χ4n) is 2.64. The lowest BCUT2D eigenvalue weighted by Crippen LogP contribution is -2.31. The Morgan fingerprint density at radius 3 is 3.05 bits per heavy atom. The summed E-state index contributed by atoms with van der Waals surface area (Å²) in [6.45, 7) is 2.26. The van der Waals surface area contributed by atoms with Crippen LogP contribution in [0.5, 0.6) is 0 Å². The molecule has 7 heteroatoms. The Balaban J connectivity index is 1.89. The number of carbonyl (C=O) groups excluding carboxylic acids is 1. The van der Waals surface area contributed by atoms with Gasteiger partial charge < -0.3 is 9.42 Å². The summed E-state index contributed by atoms with van der Waals surface area (Å²) in [5, 5.41) is 12.8. The van der Waals surface area contributed by atoms with Crippen molar-refractivity contribution in [2.75, 3.05) is 6.54 Å². The second-order valence-corrected chi connectivity index (χ2v) is 5.13. The van der Waals surface area contributed by atoms with Crippen LogP contribution in [0.15, 0.2) is 22.7 Å². The summed E-state index contributed by atoms with van der Waals surface area (Å²) < 4.78 is 18.3. The van der Waals surface area contributed by atoms with Crippen LogP contribution in [0.4, 0.5) is 4.39 Å². The number of hydrogen-bond donors (Lipinski definition) is 0. The average Bonchev–Trinajstić information content (AvgIpc) is 3.15. The molecule has 0 saturated carbocycles. The van der Waals surface area contributed by atoms with E-state index in [1.165, 1.54) is 12.1 Å². The lowest BCUT2D eigenvalue weighted by Gasteiger charge is -2.22. The van der Waals surface area contributed by atoms with Gasteiger partial charge in [0.1, 0.15) is 11.9 Å². The van der Waals surface area contributed by atoms with E-state index in [0.717, 1.165) is 18.9 Å². The molecular formula is C15H13FN4O2. The van der Waals surface area contributed by atoms with Crippen molar-refractivity contribution in [2.45, 2.75) is 25.8 Å². The van der Waals surface area contributed by atoms with E-state index >= 15 is 0 Å². The molecule has 1 saturated heterocycles. The quantitative estimate of drug-likeness (QED) is 0.850. The van der Waals surface area contributed by atoms with E-state index in [1.807, 2.05) is 0 Å². The number of amides is 1. The highest BCUT2D eigenvalue weighted by Gasteiger charge is 2.33. The van der Waals surface area contributed by atoms with Gasteiger partial charge in [-0.25, -0.2) is 4.39 Å². The normalized spacial score (nSPS) is 17.5. The highest BCUT2D eigenvalue weighted by molar-refractivity contribution is 5.95. The number of rotatable bonds is 2. The maximum absolute atomic E-state index is 13.4. The number of nitriles is 1. The van der Waals surface area contributed by atoms with E-state index in [-0.39, 0.29) is 23.1 Å². The number of hydrogen-bond acceptors (Lipinski definition) is 5. The van der Waals surface area contributed by atoms with E-state index in [4.69, 9.17) is 9.78 Å². The van der Waals surface area contributed by atoms with Crippen molar-refractivity contribution < 1.29 is 13.7 Å². The molecule has 0 spiro atoms. The summed E-state index contributed by atoms with van der Waals surface area (Å²) >= 11 is 0. The highest BCUT2D eigenvalue weighted by atomic mass is 19.1. The van der Waals surface area contributed by atoms with Gasteiger partial charge in [-0.1, -0.05) is 5.16 Å². The van der Waals surface area contributed by atoms with Crippen LogP contribution < -0.4 is 0 Å². The Labute approximate surface area is 126 Å². The molecule has 1 unspecified atom stereocenters. The lowest BCUT2D eigenvalue weighted by atomic mass is 10.1. The van der Waals surface area contributed by atoms with E-state index in [9.17, 15) is 9.18 Å². The van der Waals surface area contributed by atoms with Crippen molar-refractivity contribution in [1.29, 1.82) is 5.26 Å². The predicted molar refractivity (Wildman–Crippen MR) is 73.2 cm³/mol. The number of aryl methyl sites for hydroxylation is 1. The van der Waals surface area contributed by atoms with E-state index in [1.54, 1.807) is 17.9 Å². The van der Waals surface area contributed by atoms with E-state index in [2.05, 4.69) is 10.1 Å². The third kappa shape index (κ3) is 2.44. The molecule has 0 aliphatic carbocycles. The van der Waals surface area contributed by atoms with Gasteiger partial charge in [-0.3, -0.25) is 4.79 Å². The molecule has 1 aromatic carbocycles. The molecule has 1 aliphatic heterocycles. The predicted octanol–water partition coefficient (Wildman–Crippen LogP) is 2.37. The highest BCUT2D eigenvalue weighted by Crippen LogP contribution is 2.31. The first kappa shape index (κ1) is 14.2. The molecule has 2 heterocycles. The standard InChI is InChI=1S/C15H13FN4O2/c1-9-18-14(19-22-9)13-3-2-6-20(13)15(21)10-4-5-12(16)11(7-10)8-17/h4-5,7,13H,2-3,6H2,1H3. The monoisotopic (exact) mass is 300 g/mol. The van der Waals surface area contributed by atoms with Crippen molar-refractivity contribution in [1.82, 2.24) is 15.0 Å². The minimum absolute atomic E-state index is 0.142. The van der Waals surface area contributed by atoms with Crippen LogP contribution in [0.3, 0.4) is 0 Å². The number of benzene rings is 1. The van der Waals surface area contributed by atoms with Gasteiger partial charge in [0, 0.05) is 19.0 Å². The number of halogens is 1. The van der Waals surface area contributed by atoms with E-state index < -0.39 is 5.82 Å². The number of likely N-dealkylation sites (tertiary alicyclic amines) is 1. The second kappa shape index (κ2) is 5.56. The maximum atomic E-state index is 13.4. The van der Waals surface area contributed by atoms with Crippen molar-refractivity contribution >= 4 is 5.91 Å². The Hall–Kier alpha value is -2.75. The second-order valence-electron chi connectivity index (χ2n) is 5.13. The van der Waals surface area contributed by atoms with Crippen LogP contribution in [-0.4, -0.2) is 27.5 Å². The largest absolute Gasteiger partial charge is 0.340 e. The van der Waals surface area contributed by atoms with Gasteiger partial charge in [-0.2, -0.15) is 10.2 Å². The van der Waals surface area contributed by atoms with Crippen molar-refractivity contribution in [3.8, 4) is 6.07 Å². The molecule has 0 bridgehead atoms. The van der Waals surface area contributed by atoms with Gasteiger partial charge in [-0.05, 0) is 31.0 Å². The first-order chi connectivity index (χ1) is 10.6. The van der Waals surface area contributed by atoms with Crippen LogP contribution in [-0.2, 0) is 0 Å². The van der Waals surface area contributed by atoms with Gasteiger partial charge in [-0.15, -0.1) is 0 Å². The zero-order valence-electron chi connectivity index (χ0n) is 11.9. The van der Waals surface area contributed by atoms with Crippen LogP contribution in [0.1, 0.15) is 46.5 Å². The summed E-state index contributed by atoms with van der Waals surface area (Å²) in [6.07, 6.45) is 1.58. The van der Waals surface area contributed by atoms with Crippen LogP contribution in [0.25, 0.3) is 0 Å². The van der Waals surface area contributed by atoms with Gasteiger partial charge in [0.25, 0.3) is 5.91 Å². The minimum Gasteiger partial charge on any atom is -0.340 e. The molecule has 1 amide bonds. The smallest absolute Gasteiger partial charge is 0.254 e. The van der Waals surface area contributed by atoms with Crippen LogP contribution in [0.2, 0.25) is 0 Å². The van der Waals surface area contributed by atoms with E-state index in [0.29, 0.717) is 18.3 Å². The third-order valence-electron chi connectivity index (χ3n) is 3.69. The number of carbonyl (C=O) groups is 1. The Kier molecular flexibility index (Phi) is 3.59. The molecule has 1 aliphatic rings. The minimum atomic E-state index is -0.634. The third-order valence-corrected chi connectivity index (χ3v) is 3.69.